The predicted molar refractivity (Wildman–Crippen MR) is 105 cm³/mol. The molecule has 3 rings (SSSR count). The third-order valence-corrected chi connectivity index (χ3v) is 4.14. The van der Waals surface area contributed by atoms with E-state index in [1.807, 2.05) is 12.1 Å². The number of rotatable bonds is 7. The summed E-state index contributed by atoms with van der Waals surface area (Å²) < 4.78 is 17.9. The number of ether oxygens (including phenoxy) is 2. The molecule has 7 heteroatoms. The number of furan rings is 1. The van der Waals surface area contributed by atoms with Crippen molar-refractivity contribution in [3.63, 3.8) is 0 Å². The van der Waals surface area contributed by atoms with E-state index in [0.717, 1.165) is 5.75 Å². The Morgan fingerprint density at radius 1 is 1.18 bits per heavy atom. The summed E-state index contributed by atoms with van der Waals surface area (Å²) in [5.74, 6) is 1.18. The number of benzene rings is 1. The molecule has 2 heterocycles. The second-order valence-corrected chi connectivity index (χ2v) is 7.47. The largest absolute Gasteiger partial charge is 0.486 e. The van der Waals surface area contributed by atoms with Gasteiger partial charge in [-0.3, -0.25) is 4.79 Å². The number of anilines is 1. The highest BCUT2D eigenvalue weighted by Gasteiger charge is 2.14. The smallest absolute Gasteiger partial charge is 0.291 e. The number of hydrogen-bond acceptors (Lipinski definition) is 5. The lowest BCUT2D eigenvalue weighted by atomic mass is 9.87. The first-order chi connectivity index (χ1) is 13.3. The Kier molecular flexibility index (Phi) is 5.84. The summed E-state index contributed by atoms with van der Waals surface area (Å²) in [6.45, 7) is 7.06. The molecule has 3 aromatic rings. The second-order valence-electron chi connectivity index (χ2n) is 7.47. The molecule has 28 heavy (non-hydrogen) atoms. The van der Waals surface area contributed by atoms with Gasteiger partial charge in [-0.1, -0.05) is 32.9 Å². The van der Waals surface area contributed by atoms with Crippen molar-refractivity contribution in [1.82, 2.24) is 9.78 Å². The predicted octanol–water partition coefficient (Wildman–Crippen LogP) is 4.21. The zero-order valence-corrected chi connectivity index (χ0v) is 16.6. The van der Waals surface area contributed by atoms with E-state index in [-0.39, 0.29) is 23.7 Å². The van der Waals surface area contributed by atoms with Gasteiger partial charge < -0.3 is 19.2 Å². The molecule has 0 unspecified atom stereocenters. The third kappa shape index (κ3) is 5.01. The minimum absolute atomic E-state index is 0.0991. The summed E-state index contributed by atoms with van der Waals surface area (Å²) in [4.78, 5) is 12.3. The van der Waals surface area contributed by atoms with Crippen LogP contribution in [0, 0.1) is 0 Å². The van der Waals surface area contributed by atoms with Crippen molar-refractivity contribution in [2.75, 3.05) is 12.4 Å². The van der Waals surface area contributed by atoms with Gasteiger partial charge in [0.25, 0.3) is 5.91 Å². The maximum absolute atomic E-state index is 12.3. The summed E-state index contributed by atoms with van der Waals surface area (Å²) >= 11 is 0. The fraction of sp³-hybridized carbons (Fsp3) is 0.333. The van der Waals surface area contributed by atoms with Crippen molar-refractivity contribution in [1.29, 1.82) is 0 Å². The van der Waals surface area contributed by atoms with Gasteiger partial charge >= 0.3 is 0 Å². The zero-order chi connectivity index (χ0) is 20.1. The Morgan fingerprint density at radius 3 is 2.61 bits per heavy atom. The standard InChI is InChI=1S/C21H25N3O4/c1-21(2,3)15-5-7-17(8-6-15)27-13-18-9-10-19(28-18)20(25)23-16-11-22-24(12-16)14-26-4/h5-12H,13-14H2,1-4H3,(H,23,25). The van der Waals surface area contributed by atoms with Crippen LogP contribution in [0.2, 0.25) is 0 Å². The molecule has 0 aliphatic heterocycles. The van der Waals surface area contributed by atoms with E-state index in [2.05, 4.69) is 43.3 Å². The van der Waals surface area contributed by atoms with Crippen molar-refractivity contribution >= 4 is 11.6 Å². The van der Waals surface area contributed by atoms with E-state index < -0.39 is 0 Å². The van der Waals surface area contributed by atoms with Gasteiger partial charge in [-0.15, -0.1) is 0 Å². The van der Waals surface area contributed by atoms with Crippen LogP contribution in [0.5, 0.6) is 5.75 Å². The number of amides is 1. The fourth-order valence-electron chi connectivity index (χ4n) is 2.61. The Balaban J connectivity index is 1.55. The number of carbonyl (C=O) groups excluding carboxylic acids is 1. The van der Waals surface area contributed by atoms with Crippen molar-refractivity contribution in [2.45, 2.75) is 39.5 Å². The van der Waals surface area contributed by atoms with Crippen molar-refractivity contribution in [2.24, 2.45) is 0 Å². The SMILES string of the molecule is COCn1cc(NC(=O)c2ccc(COc3ccc(C(C)(C)C)cc3)o2)cn1. The molecule has 0 aliphatic rings. The van der Waals surface area contributed by atoms with E-state index in [9.17, 15) is 4.79 Å². The molecule has 7 nitrogen and oxygen atoms in total. The molecule has 0 saturated heterocycles. The Labute approximate surface area is 164 Å². The van der Waals surface area contributed by atoms with Crippen LogP contribution in [0.15, 0.2) is 53.2 Å². The van der Waals surface area contributed by atoms with Gasteiger partial charge in [-0.2, -0.15) is 5.10 Å². The van der Waals surface area contributed by atoms with Crippen LogP contribution in [0.4, 0.5) is 5.69 Å². The Hall–Kier alpha value is -3.06. The molecule has 1 aromatic carbocycles. The van der Waals surface area contributed by atoms with E-state index in [4.69, 9.17) is 13.9 Å². The average Bonchev–Trinajstić information content (AvgIpc) is 3.29. The van der Waals surface area contributed by atoms with Crippen LogP contribution in [-0.4, -0.2) is 22.8 Å². The summed E-state index contributed by atoms with van der Waals surface area (Å²) in [5.41, 5.74) is 1.91. The summed E-state index contributed by atoms with van der Waals surface area (Å²) in [7, 11) is 1.57. The van der Waals surface area contributed by atoms with Gasteiger partial charge in [0.1, 0.15) is 24.8 Å². The first-order valence-electron chi connectivity index (χ1n) is 9.00. The zero-order valence-electron chi connectivity index (χ0n) is 16.6. The van der Waals surface area contributed by atoms with Crippen LogP contribution in [0.3, 0.4) is 0 Å². The van der Waals surface area contributed by atoms with Crippen molar-refractivity contribution < 1.29 is 18.7 Å². The molecule has 1 amide bonds. The number of carbonyl (C=O) groups is 1. The lowest BCUT2D eigenvalue weighted by Crippen LogP contribution is -2.10. The van der Waals surface area contributed by atoms with Gasteiger partial charge in [0.2, 0.25) is 0 Å². The minimum atomic E-state index is -0.349. The number of aromatic nitrogens is 2. The van der Waals surface area contributed by atoms with Crippen LogP contribution in [0.1, 0.15) is 42.6 Å². The van der Waals surface area contributed by atoms with Gasteiger partial charge in [0, 0.05) is 7.11 Å². The molecule has 0 aliphatic carbocycles. The second kappa shape index (κ2) is 8.31. The van der Waals surface area contributed by atoms with Gasteiger partial charge in [-0.05, 0) is 35.2 Å². The lowest BCUT2D eigenvalue weighted by Gasteiger charge is -2.19. The van der Waals surface area contributed by atoms with Gasteiger partial charge in [0.15, 0.2) is 5.76 Å². The molecule has 0 radical (unpaired) electrons. The van der Waals surface area contributed by atoms with Crippen molar-refractivity contribution in [3.05, 3.63) is 65.9 Å². The number of methoxy groups -OCH3 is 1. The molecule has 2 aromatic heterocycles. The molecule has 148 valence electrons. The Bertz CT molecular complexity index is 920. The average molecular weight is 383 g/mol. The van der Waals surface area contributed by atoms with Crippen LogP contribution in [-0.2, 0) is 23.5 Å². The van der Waals surface area contributed by atoms with E-state index in [1.54, 1.807) is 36.3 Å². The lowest BCUT2D eigenvalue weighted by molar-refractivity contribution is 0.0992. The van der Waals surface area contributed by atoms with Crippen LogP contribution >= 0.6 is 0 Å². The van der Waals surface area contributed by atoms with Gasteiger partial charge in [0.05, 0.1) is 18.1 Å². The maximum atomic E-state index is 12.3. The number of nitrogens with one attached hydrogen (secondary N) is 1. The number of hydrogen-bond donors (Lipinski definition) is 1. The quantitative estimate of drug-likeness (QED) is 0.661. The summed E-state index contributed by atoms with van der Waals surface area (Å²) in [6, 6.07) is 11.3. The molecule has 0 bridgehead atoms. The van der Waals surface area contributed by atoms with E-state index >= 15 is 0 Å². The third-order valence-electron chi connectivity index (χ3n) is 4.14. The minimum Gasteiger partial charge on any atom is -0.486 e. The number of nitrogens with zero attached hydrogens (tertiary/aromatic N) is 2. The highest BCUT2D eigenvalue weighted by Crippen LogP contribution is 2.24. The van der Waals surface area contributed by atoms with E-state index in [1.165, 1.54) is 5.56 Å². The monoisotopic (exact) mass is 383 g/mol. The molecular weight excluding hydrogens is 358 g/mol. The normalized spacial score (nSPS) is 11.4. The molecule has 0 fully saturated rings. The van der Waals surface area contributed by atoms with Gasteiger partial charge in [-0.25, -0.2) is 4.68 Å². The summed E-state index contributed by atoms with van der Waals surface area (Å²) in [6.07, 6.45) is 3.22. The first kappa shape index (κ1) is 19.7. The molecular formula is C21H25N3O4. The molecule has 0 atom stereocenters. The first-order valence-corrected chi connectivity index (χ1v) is 9.00. The summed E-state index contributed by atoms with van der Waals surface area (Å²) in [5, 5.41) is 6.80. The molecule has 0 saturated carbocycles. The Morgan fingerprint density at radius 2 is 1.93 bits per heavy atom. The van der Waals surface area contributed by atoms with Crippen molar-refractivity contribution in [3.8, 4) is 5.75 Å². The molecule has 1 N–H and O–H groups in total. The maximum Gasteiger partial charge on any atom is 0.291 e. The van der Waals surface area contributed by atoms with E-state index in [0.29, 0.717) is 18.2 Å². The van der Waals surface area contributed by atoms with Crippen LogP contribution < -0.4 is 10.1 Å². The van der Waals surface area contributed by atoms with Crippen LogP contribution in [0.25, 0.3) is 0 Å². The molecule has 0 spiro atoms. The highest BCUT2D eigenvalue weighted by molar-refractivity contribution is 6.02. The fourth-order valence-corrected chi connectivity index (χ4v) is 2.61. The highest BCUT2D eigenvalue weighted by atomic mass is 16.5. The topological polar surface area (TPSA) is 78.5 Å².